The maximum Gasteiger partial charge on any atom is 0.163 e. The van der Waals surface area contributed by atoms with Crippen LogP contribution in [0.1, 0.15) is 22.9 Å². The quantitative estimate of drug-likeness (QED) is 0.548. The van der Waals surface area contributed by atoms with Crippen molar-refractivity contribution in [2.45, 2.75) is 44.0 Å². The number of hydrogen-bond donors (Lipinski definition) is 4. The molecular formula is C22H25NO5. The van der Waals surface area contributed by atoms with Crippen molar-refractivity contribution in [2.24, 2.45) is 0 Å². The van der Waals surface area contributed by atoms with Gasteiger partial charge in [-0.05, 0) is 30.0 Å². The molecule has 3 aromatic rings. The molecule has 1 aliphatic heterocycles. The van der Waals surface area contributed by atoms with E-state index in [0.29, 0.717) is 6.42 Å². The van der Waals surface area contributed by atoms with E-state index < -0.39 is 37.3 Å². The number of aliphatic hydroxyl groups is 4. The molecule has 0 aliphatic carbocycles. The minimum atomic E-state index is -1.41. The molecule has 4 rings (SSSR count). The molecule has 148 valence electrons. The SMILES string of the molecule is Cc1cccc2c(Cc3ccccc3)cn([C@@H]3O[C@H](CO)[C@@H](O)[C@H](O)[C@H]3O)c12. The first kappa shape index (κ1) is 19.1. The summed E-state index contributed by atoms with van der Waals surface area (Å²) in [5, 5.41) is 41.4. The maximum absolute atomic E-state index is 10.6. The Hall–Kier alpha value is -2.22. The van der Waals surface area contributed by atoms with E-state index in [4.69, 9.17) is 4.74 Å². The highest BCUT2D eigenvalue weighted by atomic mass is 16.6. The highest BCUT2D eigenvalue weighted by molar-refractivity contribution is 5.87. The molecule has 0 saturated carbocycles. The lowest BCUT2D eigenvalue weighted by atomic mass is 9.98. The summed E-state index contributed by atoms with van der Waals surface area (Å²) in [5.74, 6) is 0. The zero-order valence-corrected chi connectivity index (χ0v) is 15.6. The Kier molecular flexibility index (Phi) is 5.23. The number of para-hydroxylation sites is 1. The zero-order chi connectivity index (χ0) is 19.8. The van der Waals surface area contributed by atoms with Gasteiger partial charge in [-0.25, -0.2) is 0 Å². The first-order chi connectivity index (χ1) is 13.5. The van der Waals surface area contributed by atoms with E-state index >= 15 is 0 Å². The van der Waals surface area contributed by atoms with Crippen molar-refractivity contribution in [3.8, 4) is 0 Å². The largest absolute Gasteiger partial charge is 0.394 e. The number of aryl methyl sites for hydroxylation is 1. The zero-order valence-electron chi connectivity index (χ0n) is 15.6. The number of nitrogens with zero attached hydrogens (tertiary/aromatic N) is 1. The topological polar surface area (TPSA) is 95.1 Å². The molecule has 0 radical (unpaired) electrons. The fourth-order valence-electron chi connectivity index (χ4n) is 4.03. The van der Waals surface area contributed by atoms with E-state index in [1.54, 1.807) is 0 Å². The second-order valence-corrected chi connectivity index (χ2v) is 7.41. The van der Waals surface area contributed by atoms with Crippen LogP contribution in [0.3, 0.4) is 0 Å². The summed E-state index contributed by atoms with van der Waals surface area (Å²) in [7, 11) is 0. The van der Waals surface area contributed by atoms with Gasteiger partial charge in [0, 0.05) is 11.6 Å². The predicted molar refractivity (Wildman–Crippen MR) is 105 cm³/mol. The van der Waals surface area contributed by atoms with Gasteiger partial charge < -0.3 is 29.7 Å². The molecule has 1 saturated heterocycles. The molecule has 28 heavy (non-hydrogen) atoms. The summed E-state index contributed by atoms with van der Waals surface area (Å²) in [6, 6.07) is 16.1. The van der Waals surface area contributed by atoms with Crippen molar-refractivity contribution in [1.82, 2.24) is 4.57 Å². The van der Waals surface area contributed by atoms with Crippen molar-refractivity contribution < 1.29 is 25.2 Å². The fourth-order valence-corrected chi connectivity index (χ4v) is 4.03. The van der Waals surface area contributed by atoms with E-state index in [1.165, 1.54) is 0 Å². The lowest BCUT2D eigenvalue weighted by molar-refractivity contribution is -0.250. The van der Waals surface area contributed by atoms with Crippen LogP contribution in [0.25, 0.3) is 10.9 Å². The third-order valence-electron chi connectivity index (χ3n) is 5.52. The number of hydrogen-bond acceptors (Lipinski definition) is 5. The van der Waals surface area contributed by atoms with E-state index in [-0.39, 0.29) is 0 Å². The smallest absolute Gasteiger partial charge is 0.163 e. The van der Waals surface area contributed by atoms with E-state index in [2.05, 4.69) is 12.1 Å². The molecule has 1 aliphatic rings. The first-order valence-electron chi connectivity index (χ1n) is 9.44. The molecule has 6 heteroatoms. The van der Waals surface area contributed by atoms with Crippen LogP contribution in [0.4, 0.5) is 0 Å². The summed E-state index contributed by atoms with van der Waals surface area (Å²) in [6.07, 6.45) is -3.32. The number of aliphatic hydroxyl groups excluding tert-OH is 4. The number of rotatable bonds is 4. The Balaban J connectivity index is 1.81. The molecule has 2 heterocycles. The molecular weight excluding hydrogens is 358 g/mol. The lowest BCUT2D eigenvalue weighted by Crippen LogP contribution is -2.56. The standard InChI is InChI=1S/C22H25NO5/c1-13-6-5-9-16-15(10-14-7-3-2-4-8-14)11-23(18(13)16)22-21(27)20(26)19(25)17(12-24)28-22/h2-9,11,17,19-22,24-27H,10,12H2,1H3/t17-,19-,20+,21-,22-/m1/s1. The molecule has 1 fully saturated rings. The van der Waals surface area contributed by atoms with E-state index in [1.807, 2.05) is 54.1 Å². The molecule has 0 spiro atoms. The summed E-state index contributed by atoms with van der Waals surface area (Å²) in [4.78, 5) is 0. The average Bonchev–Trinajstić information content (AvgIpc) is 3.07. The van der Waals surface area contributed by atoms with E-state index in [0.717, 1.165) is 27.6 Å². The Morgan fingerprint density at radius 2 is 1.68 bits per heavy atom. The third-order valence-corrected chi connectivity index (χ3v) is 5.52. The van der Waals surface area contributed by atoms with Gasteiger partial charge >= 0.3 is 0 Å². The fraction of sp³-hybridized carbons (Fsp3) is 0.364. The van der Waals surface area contributed by atoms with Crippen molar-refractivity contribution in [1.29, 1.82) is 0 Å². The molecule has 4 N–H and O–H groups in total. The van der Waals surface area contributed by atoms with Gasteiger partial charge in [0.15, 0.2) is 6.23 Å². The monoisotopic (exact) mass is 383 g/mol. The van der Waals surface area contributed by atoms with Crippen LogP contribution in [0, 0.1) is 6.92 Å². The molecule has 0 amide bonds. The van der Waals surface area contributed by atoms with Crippen LogP contribution in [0.15, 0.2) is 54.7 Å². The molecule has 5 atom stereocenters. The van der Waals surface area contributed by atoms with Crippen LogP contribution < -0.4 is 0 Å². The highest BCUT2D eigenvalue weighted by Crippen LogP contribution is 2.35. The van der Waals surface area contributed by atoms with Crippen LogP contribution in [-0.4, -0.2) is 56.0 Å². The maximum atomic E-state index is 10.6. The van der Waals surface area contributed by atoms with Crippen molar-refractivity contribution >= 4 is 10.9 Å². The number of ether oxygens (including phenoxy) is 1. The van der Waals surface area contributed by atoms with Gasteiger partial charge in [-0.3, -0.25) is 0 Å². The van der Waals surface area contributed by atoms with E-state index in [9.17, 15) is 20.4 Å². The van der Waals surface area contributed by atoms with Gasteiger partial charge in [-0.15, -0.1) is 0 Å². The van der Waals surface area contributed by atoms with Gasteiger partial charge in [0.1, 0.15) is 24.4 Å². The minimum Gasteiger partial charge on any atom is -0.394 e. The Bertz CT molecular complexity index is 952. The average molecular weight is 383 g/mol. The molecule has 0 unspecified atom stereocenters. The summed E-state index contributed by atoms with van der Waals surface area (Å²) >= 11 is 0. The van der Waals surface area contributed by atoms with Crippen molar-refractivity contribution in [3.05, 3.63) is 71.4 Å². The summed E-state index contributed by atoms with van der Waals surface area (Å²) in [5.41, 5.74) is 4.14. The van der Waals surface area contributed by atoms with Crippen molar-refractivity contribution in [2.75, 3.05) is 6.61 Å². The van der Waals surface area contributed by atoms with Crippen LogP contribution in [0.5, 0.6) is 0 Å². The van der Waals surface area contributed by atoms with Gasteiger partial charge in [-0.1, -0.05) is 48.5 Å². The minimum absolute atomic E-state index is 0.448. The lowest BCUT2D eigenvalue weighted by Gasteiger charge is -2.40. The second-order valence-electron chi connectivity index (χ2n) is 7.41. The summed E-state index contributed by atoms with van der Waals surface area (Å²) in [6.45, 7) is 1.53. The Labute approximate surface area is 163 Å². The molecule has 0 bridgehead atoms. The Morgan fingerprint density at radius 3 is 2.39 bits per heavy atom. The molecule has 1 aromatic heterocycles. The van der Waals surface area contributed by atoms with Crippen LogP contribution in [-0.2, 0) is 11.2 Å². The first-order valence-corrected chi connectivity index (χ1v) is 9.44. The Morgan fingerprint density at radius 1 is 0.929 bits per heavy atom. The predicted octanol–water partition coefficient (Wildman–Crippen LogP) is 1.51. The number of aromatic nitrogens is 1. The van der Waals surface area contributed by atoms with Gasteiger partial charge in [0.25, 0.3) is 0 Å². The van der Waals surface area contributed by atoms with Crippen LogP contribution in [0.2, 0.25) is 0 Å². The number of fused-ring (bicyclic) bond motifs is 1. The summed E-state index contributed by atoms with van der Waals surface area (Å²) < 4.78 is 7.61. The molecule has 6 nitrogen and oxygen atoms in total. The van der Waals surface area contributed by atoms with Gasteiger partial charge in [0.05, 0.1) is 12.1 Å². The molecule has 2 aromatic carbocycles. The van der Waals surface area contributed by atoms with Gasteiger partial charge in [0.2, 0.25) is 0 Å². The normalized spacial score (nSPS) is 28.0. The van der Waals surface area contributed by atoms with Crippen molar-refractivity contribution in [3.63, 3.8) is 0 Å². The third kappa shape index (κ3) is 3.23. The van der Waals surface area contributed by atoms with Gasteiger partial charge in [-0.2, -0.15) is 0 Å². The highest BCUT2D eigenvalue weighted by Gasteiger charge is 2.44. The number of benzene rings is 2. The second kappa shape index (κ2) is 7.66. The van der Waals surface area contributed by atoms with Crippen LogP contribution >= 0.6 is 0 Å².